The predicted octanol–water partition coefficient (Wildman–Crippen LogP) is 25.4. The summed E-state index contributed by atoms with van der Waals surface area (Å²) in [6, 6.07) is 104. The van der Waals surface area contributed by atoms with Gasteiger partial charge >= 0.3 is 601 Å². The van der Waals surface area contributed by atoms with Gasteiger partial charge < -0.3 is 0 Å². The van der Waals surface area contributed by atoms with E-state index >= 15 is 0 Å². The zero-order chi connectivity index (χ0) is 68.3. The van der Waals surface area contributed by atoms with Crippen molar-refractivity contribution in [2.24, 2.45) is 0 Å². The van der Waals surface area contributed by atoms with Crippen LogP contribution in [0.15, 0.2) is 267 Å². The van der Waals surface area contributed by atoms with E-state index in [1.807, 2.05) is 0 Å². The summed E-state index contributed by atoms with van der Waals surface area (Å²) in [4.78, 5) is 0. The van der Waals surface area contributed by atoms with E-state index in [4.69, 9.17) is 0 Å². The standard InChI is InChI=1S/C90H108Ge2N2Si2/c1-63(2)79-59-81(85(71-41-25-17-26-42-71)72-43-27-18-28-44-72)89(82(60-79)86(73-45-29-19-30-46-73)74-47-31-20-32-48-74)93(95(65(5)6,66(7)8)67(9)10)91-57-58-92-94(96(68(11)12,69(13)14)70(15)16)90-83(87(75-49-33-21-34-50-75)76-51-35-22-36-52-76)61-80(64(3)4)62-84(90)88(77-53-37-23-38-54-77)78-55-39-24-40-56-78/h17-56,59-70,85-88H,57-58H2,1-16H3. The fraction of sp³-hybridized carbons (Fsp3) is 0.333. The van der Waals surface area contributed by atoms with E-state index in [1.165, 1.54) is 99.8 Å². The van der Waals surface area contributed by atoms with E-state index in [0.717, 1.165) is 0 Å². The van der Waals surface area contributed by atoms with Crippen LogP contribution in [0.3, 0.4) is 0 Å². The molecule has 0 aliphatic heterocycles. The van der Waals surface area contributed by atoms with Gasteiger partial charge in [-0.25, -0.2) is 0 Å². The fourth-order valence-corrected chi connectivity index (χ4v) is 50.4. The van der Waals surface area contributed by atoms with Crippen LogP contribution in [-0.2, 0) is 0 Å². The second kappa shape index (κ2) is 32.8. The van der Waals surface area contributed by atoms with Gasteiger partial charge in [0.05, 0.1) is 0 Å². The molecule has 494 valence electrons. The maximum atomic E-state index is 3.37. The van der Waals surface area contributed by atoms with E-state index in [-0.39, 0.29) is 23.7 Å². The Bertz CT molecular complexity index is 3320. The number of benzene rings is 10. The third-order valence-electron chi connectivity index (χ3n) is 21.5. The van der Waals surface area contributed by atoms with Crippen LogP contribution in [0.4, 0.5) is 11.4 Å². The van der Waals surface area contributed by atoms with E-state index in [9.17, 15) is 0 Å². The first-order valence-corrected chi connectivity index (χ1v) is 45.4. The molecule has 0 bridgehead atoms. The van der Waals surface area contributed by atoms with Crippen molar-refractivity contribution in [3.05, 3.63) is 345 Å². The Hall–Kier alpha value is -6.68. The number of rotatable bonds is 29. The van der Waals surface area contributed by atoms with Crippen LogP contribution in [0.2, 0.25) is 43.8 Å². The summed E-state index contributed by atoms with van der Waals surface area (Å²) < 4.78 is 6.73. The second-order valence-electron chi connectivity index (χ2n) is 29.6. The Kier molecular flexibility index (Phi) is 24.6. The fourth-order valence-electron chi connectivity index (χ4n) is 17.5. The minimum absolute atomic E-state index is 0.00741. The molecule has 0 fully saturated rings. The quantitative estimate of drug-likeness (QED) is 0.0262. The summed E-state index contributed by atoms with van der Waals surface area (Å²) in [5.41, 5.74) is 25.4. The number of nitrogens with zero attached hydrogens (tertiary/aromatic N) is 2. The van der Waals surface area contributed by atoms with E-state index < -0.39 is 47.8 Å². The monoisotopic (exact) mass is 1420 g/mol. The van der Waals surface area contributed by atoms with Crippen molar-refractivity contribution in [2.45, 2.75) is 190 Å². The van der Waals surface area contributed by atoms with Crippen LogP contribution in [0, 0.1) is 0 Å². The van der Waals surface area contributed by atoms with Gasteiger partial charge in [0.1, 0.15) is 0 Å². The van der Waals surface area contributed by atoms with Gasteiger partial charge in [0, 0.05) is 0 Å². The molecule has 10 aromatic rings. The van der Waals surface area contributed by atoms with Gasteiger partial charge in [-0.2, -0.15) is 0 Å². The molecule has 0 heterocycles. The molecule has 0 saturated heterocycles. The van der Waals surface area contributed by atoms with Gasteiger partial charge in [-0.15, -0.1) is 0 Å². The Morgan fingerprint density at radius 3 is 0.521 bits per heavy atom. The number of hydrogen-bond donors (Lipinski definition) is 0. The van der Waals surface area contributed by atoms with Crippen molar-refractivity contribution in [3.8, 4) is 0 Å². The first kappa shape index (κ1) is 72.1. The SMILES string of the molecule is CC(C)c1cc(C(c2ccccc2)c2ccccc2)c([N]([Ge][CH2][CH2][Ge][N](c2c(C(c3ccccc3)c3ccccc3)cc(C(C)C)cc2C(c2ccccc2)c2ccccc2)[Si](C(C)C)(C(C)C)C(C)C)[Si](C(C)C)(C(C)C)C(C)C)c(C(c2ccccc2)c2ccccc2)c1. The average Bonchev–Trinajstić information content (AvgIpc) is 0.733. The molecule has 0 aliphatic rings. The van der Waals surface area contributed by atoms with Crippen LogP contribution >= 0.6 is 0 Å². The minimum atomic E-state index is -2.55. The summed E-state index contributed by atoms with van der Waals surface area (Å²) in [7, 11) is -5.10. The van der Waals surface area contributed by atoms with Crippen molar-refractivity contribution in [1.82, 2.24) is 0 Å². The van der Waals surface area contributed by atoms with Crippen molar-refractivity contribution < 1.29 is 0 Å². The van der Waals surface area contributed by atoms with Crippen molar-refractivity contribution in [1.29, 1.82) is 0 Å². The van der Waals surface area contributed by atoms with E-state index in [0.29, 0.717) is 45.1 Å². The van der Waals surface area contributed by atoms with Crippen LogP contribution in [0.25, 0.3) is 0 Å². The number of hydrogen-bond acceptors (Lipinski definition) is 2. The van der Waals surface area contributed by atoms with Gasteiger partial charge in [0.2, 0.25) is 0 Å². The Morgan fingerprint density at radius 2 is 0.385 bits per heavy atom. The average molecular weight is 1420 g/mol. The number of anilines is 2. The first-order chi connectivity index (χ1) is 46.3. The van der Waals surface area contributed by atoms with Gasteiger partial charge in [0.15, 0.2) is 0 Å². The summed E-state index contributed by atoms with van der Waals surface area (Å²) in [5.74, 6) is 0.645. The molecule has 0 aromatic heterocycles. The zero-order valence-electron chi connectivity index (χ0n) is 60.6. The molecule has 0 N–H and O–H groups in total. The van der Waals surface area contributed by atoms with Crippen LogP contribution in [0.1, 0.15) is 224 Å². The molecule has 0 atom stereocenters. The maximum absolute atomic E-state index is 3.37. The normalized spacial score (nSPS) is 12.4. The van der Waals surface area contributed by atoms with Crippen LogP contribution in [-0.4, -0.2) is 47.8 Å². The van der Waals surface area contributed by atoms with Crippen LogP contribution < -0.4 is 7.05 Å². The second-order valence-corrected chi connectivity index (χ2v) is 48.2. The van der Waals surface area contributed by atoms with Crippen molar-refractivity contribution >= 4 is 59.2 Å². The van der Waals surface area contributed by atoms with Crippen molar-refractivity contribution in [2.75, 3.05) is 7.05 Å². The van der Waals surface area contributed by atoms with Gasteiger partial charge in [0.25, 0.3) is 0 Å². The molecule has 0 spiro atoms. The van der Waals surface area contributed by atoms with Crippen molar-refractivity contribution in [3.63, 3.8) is 0 Å². The third-order valence-corrected chi connectivity index (χ3v) is 47.5. The topological polar surface area (TPSA) is 6.48 Å². The van der Waals surface area contributed by atoms with Gasteiger partial charge in [-0.1, -0.05) is 0 Å². The predicted molar refractivity (Wildman–Crippen MR) is 425 cm³/mol. The molecule has 10 rings (SSSR count). The molecule has 0 amide bonds. The van der Waals surface area contributed by atoms with E-state index in [2.05, 4.69) is 385 Å². The third kappa shape index (κ3) is 15.0. The molecule has 4 radical (unpaired) electrons. The summed E-state index contributed by atoms with van der Waals surface area (Å²) in [5, 5.41) is 2.42. The molecule has 10 aromatic carbocycles. The first-order valence-electron chi connectivity index (χ1n) is 36.2. The molecule has 0 aliphatic carbocycles. The Morgan fingerprint density at radius 1 is 0.229 bits per heavy atom. The van der Waals surface area contributed by atoms with Crippen LogP contribution in [0.5, 0.6) is 0 Å². The molecule has 96 heavy (non-hydrogen) atoms. The molecular weight excluding hydrogens is 1310 g/mol. The summed E-state index contributed by atoms with van der Waals surface area (Å²) >= 11 is -1.80. The Labute approximate surface area is 596 Å². The summed E-state index contributed by atoms with van der Waals surface area (Å²) in [6.45, 7) is 41.2. The van der Waals surface area contributed by atoms with Gasteiger partial charge in [-0.05, 0) is 0 Å². The molecule has 0 unspecified atom stereocenters. The van der Waals surface area contributed by atoms with Gasteiger partial charge in [-0.3, -0.25) is 0 Å². The molecular formula is C90H108Ge2N2Si2. The summed E-state index contributed by atoms with van der Waals surface area (Å²) in [6.07, 6.45) is 0. The zero-order valence-corrected chi connectivity index (χ0v) is 66.8. The molecule has 0 saturated carbocycles. The Balaban J connectivity index is 1.29. The molecule has 6 heteroatoms. The van der Waals surface area contributed by atoms with E-state index in [1.54, 1.807) is 0 Å². The molecule has 2 nitrogen and oxygen atoms in total.